The lowest BCUT2D eigenvalue weighted by Crippen LogP contribution is -2.14. The molecule has 2 aromatic rings. The quantitative estimate of drug-likeness (QED) is 0.834. The van der Waals surface area contributed by atoms with Crippen LogP contribution in [0.4, 0.5) is 5.95 Å². The number of nitrogens with one attached hydrogen (secondary N) is 1. The van der Waals surface area contributed by atoms with E-state index in [2.05, 4.69) is 15.3 Å². The Morgan fingerprint density at radius 1 is 1.28 bits per heavy atom. The molecule has 0 aliphatic carbocycles. The van der Waals surface area contributed by atoms with E-state index < -0.39 is 0 Å². The van der Waals surface area contributed by atoms with Gasteiger partial charge in [-0.25, -0.2) is 9.97 Å². The Kier molecular flexibility index (Phi) is 4.09. The lowest BCUT2D eigenvalue weighted by atomic mass is 10.1. The summed E-state index contributed by atoms with van der Waals surface area (Å²) >= 11 is 0. The zero-order chi connectivity index (χ0) is 12.8. The molecule has 1 heterocycles. The van der Waals surface area contributed by atoms with Crippen molar-refractivity contribution >= 4 is 5.95 Å². The van der Waals surface area contributed by atoms with Crippen LogP contribution >= 0.6 is 0 Å². The first kappa shape index (κ1) is 12.3. The van der Waals surface area contributed by atoms with Gasteiger partial charge < -0.3 is 15.8 Å². The Hall–Kier alpha value is -2.14. The molecule has 0 spiro atoms. The average molecular weight is 244 g/mol. The number of hydrogen-bond donors (Lipinski definition) is 2. The van der Waals surface area contributed by atoms with Crippen LogP contribution in [0.15, 0.2) is 36.5 Å². The number of methoxy groups -OCH3 is 1. The maximum Gasteiger partial charge on any atom is 0.223 e. The first-order chi connectivity index (χ1) is 8.85. The molecule has 0 fully saturated rings. The third-order valence-corrected chi connectivity index (χ3v) is 2.47. The summed E-state index contributed by atoms with van der Waals surface area (Å²) in [6.45, 7) is 1.19. The van der Waals surface area contributed by atoms with Crippen molar-refractivity contribution < 1.29 is 4.74 Å². The molecule has 5 heteroatoms. The summed E-state index contributed by atoms with van der Waals surface area (Å²) < 4.78 is 5.32. The van der Waals surface area contributed by atoms with Crippen LogP contribution in [0.1, 0.15) is 0 Å². The van der Waals surface area contributed by atoms with E-state index in [-0.39, 0.29) is 0 Å². The summed E-state index contributed by atoms with van der Waals surface area (Å²) in [4.78, 5) is 8.57. The Morgan fingerprint density at radius 2 is 2.11 bits per heavy atom. The van der Waals surface area contributed by atoms with Gasteiger partial charge in [0, 0.05) is 24.8 Å². The fourth-order valence-electron chi connectivity index (χ4n) is 1.63. The molecule has 18 heavy (non-hydrogen) atoms. The van der Waals surface area contributed by atoms with Crippen LogP contribution in [0.5, 0.6) is 5.75 Å². The Labute approximate surface area is 106 Å². The van der Waals surface area contributed by atoms with Gasteiger partial charge in [0.1, 0.15) is 5.75 Å². The molecule has 0 aliphatic heterocycles. The molecule has 0 aliphatic rings. The van der Waals surface area contributed by atoms with Gasteiger partial charge in [0.15, 0.2) is 0 Å². The maximum absolute atomic E-state index is 5.43. The van der Waals surface area contributed by atoms with Crippen molar-refractivity contribution in [3.05, 3.63) is 36.5 Å². The first-order valence-electron chi connectivity index (χ1n) is 5.75. The number of nitrogens with zero attached hydrogens (tertiary/aromatic N) is 2. The molecule has 5 nitrogen and oxygen atoms in total. The molecule has 0 atom stereocenters. The van der Waals surface area contributed by atoms with E-state index >= 15 is 0 Å². The summed E-state index contributed by atoms with van der Waals surface area (Å²) in [6.07, 6.45) is 1.72. The third kappa shape index (κ3) is 2.75. The number of rotatable bonds is 5. The number of ether oxygens (including phenoxy) is 1. The molecule has 0 unspecified atom stereocenters. The largest absolute Gasteiger partial charge is 0.496 e. The van der Waals surface area contributed by atoms with E-state index in [4.69, 9.17) is 10.5 Å². The Balaban J connectivity index is 2.32. The molecule has 0 amide bonds. The van der Waals surface area contributed by atoms with Gasteiger partial charge in [-0.15, -0.1) is 0 Å². The van der Waals surface area contributed by atoms with Gasteiger partial charge in [-0.1, -0.05) is 12.1 Å². The van der Waals surface area contributed by atoms with Gasteiger partial charge in [0.05, 0.1) is 12.8 Å². The molecule has 94 valence electrons. The van der Waals surface area contributed by atoms with Gasteiger partial charge in [-0.3, -0.25) is 0 Å². The van der Waals surface area contributed by atoms with Crippen LogP contribution < -0.4 is 15.8 Å². The highest BCUT2D eigenvalue weighted by Gasteiger charge is 2.07. The molecule has 0 saturated heterocycles. The monoisotopic (exact) mass is 244 g/mol. The van der Waals surface area contributed by atoms with E-state index in [0.717, 1.165) is 17.0 Å². The van der Waals surface area contributed by atoms with Gasteiger partial charge in [0.2, 0.25) is 5.95 Å². The molecule has 0 radical (unpaired) electrons. The van der Waals surface area contributed by atoms with Crippen LogP contribution in [0, 0.1) is 0 Å². The maximum atomic E-state index is 5.43. The normalized spacial score (nSPS) is 10.1. The second kappa shape index (κ2) is 5.97. The van der Waals surface area contributed by atoms with E-state index in [0.29, 0.717) is 19.0 Å². The molecule has 0 saturated carbocycles. The van der Waals surface area contributed by atoms with Gasteiger partial charge in [-0.05, 0) is 18.2 Å². The van der Waals surface area contributed by atoms with Crippen LogP contribution in [-0.4, -0.2) is 30.2 Å². The number of anilines is 1. The molecule has 2 rings (SSSR count). The molecule has 3 N–H and O–H groups in total. The predicted octanol–water partition coefficient (Wildman–Crippen LogP) is 1.52. The molecular weight excluding hydrogens is 228 g/mol. The lowest BCUT2D eigenvalue weighted by Gasteiger charge is -2.09. The summed E-state index contributed by atoms with van der Waals surface area (Å²) in [6, 6.07) is 9.60. The summed E-state index contributed by atoms with van der Waals surface area (Å²) in [5.74, 6) is 1.37. The van der Waals surface area contributed by atoms with E-state index in [9.17, 15) is 0 Å². The smallest absolute Gasteiger partial charge is 0.223 e. The molecule has 0 bridgehead atoms. The fraction of sp³-hybridized carbons (Fsp3) is 0.231. The summed E-state index contributed by atoms with van der Waals surface area (Å²) in [5.41, 5.74) is 7.20. The fourth-order valence-corrected chi connectivity index (χ4v) is 1.63. The third-order valence-electron chi connectivity index (χ3n) is 2.47. The van der Waals surface area contributed by atoms with Crippen molar-refractivity contribution in [1.82, 2.24) is 9.97 Å². The van der Waals surface area contributed by atoms with Crippen LogP contribution in [0.2, 0.25) is 0 Å². The molecule has 1 aromatic heterocycles. The van der Waals surface area contributed by atoms with Gasteiger partial charge in [0.25, 0.3) is 0 Å². The molecular formula is C13H16N4O. The zero-order valence-corrected chi connectivity index (χ0v) is 10.3. The number of para-hydroxylation sites is 1. The van der Waals surface area contributed by atoms with E-state index in [1.165, 1.54) is 0 Å². The Morgan fingerprint density at radius 3 is 2.89 bits per heavy atom. The van der Waals surface area contributed by atoms with Crippen LogP contribution in [0.25, 0.3) is 11.3 Å². The number of aromatic nitrogens is 2. The predicted molar refractivity (Wildman–Crippen MR) is 71.6 cm³/mol. The highest BCUT2D eigenvalue weighted by molar-refractivity contribution is 5.67. The summed E-state index contributed by atoms with van der Waals surface area (Å²) in [7, 11) is 1.65. The van der Waals surface area contributed by atoms with Crippen LogP contribution in [0.3, 0.4) is 0 Å². The Bertz CT molecular complexity index is 516. The first-order valence-corrected chi connectivity index (χ1v) is 5.75. The van der Waals surface area contributed by atoms with E-state index in [1.807, 2.05) is 30.3 Å². The minimum atomic E-state index is 0.544. The SMILES string of the molecule is COc1ccccc1-c1ccnc(NCCN)n1. The topological polar surface area (TPSA) is 73.1 Å². The highest BCUT2D eigenvalue weighted by atomic mass is 16.5. The van der Waals surface area contributed by atoms with Gasteiger partial charge >= 0.3 is 0 Å². The lowest BCUT2D eigenvalue weighted by molar-refractivity contribution is 0.416. The summed E-state index contributed by atoms with van der Waals surface area (Å²) in [5, 5.41) is 3.05. The van der Waals surface area contributed by atoms with Crippen molar-refractivity contribution in [1.29, 1.82) is 0 Å². The second-order valence-corrected chi connectivity index (χ2v) is 3.68. The van der Waals surface area contributed by atoms with Crippen molar-refractivity contribution in [2.75, 3.05) is 25.5 Å². The van der Waals surface area contributed by atoms with Crippen molar-refractivity contribution in [3.8, 4) is 17.0 Å². The highest BCUT2D eigenvalue weighted by Crippen LogP contribution is 2.27. The van der Waals surface area contributed by atoms with Gasteiger partial charge in [-0.2, -0.15) is 0 Å². The second-order valence-electron chi connectivity index (χ2n) is 3.68. The number of nitrogens with two attached hydrogens (primary N) is 1. The standard InChI is InChI=1S/C13H16N4O/c1-18-12-5-3-2-4-10(12)11-6-8-15-13(17-11)16-9-7-14/h2-6,8H,7,9,14H2,1H3,(H,15,16,17). The molecule has 1 aromatic carbocycles. The average Bonchev–Trinajstić information content (AvgIpc) is 2.45. The minimum Gasteiger partial charge on any atom is -0.496 e. The van der Waals surface area contributed by atoms with Crippen molar-refractivity contribution in [2.24, 2.45) is 5.73 Å². The van der Waals surface area contributed by atoms with Crippen molar-refractivity contribution in [2.45, 2.75) is 0 Å². The van der Waals surface area contributed by atoms with Crippen molar-refractivity contribution in [3.63, 3.8) is 0 Å². The number of benzene rings is 1. The minimum absolute atomic E-state index is 0.544. The number of hydrogen-bond acceptors (Lipinski definition) is 5. The van der Waals surface area contributed by atoms with E-state index in [1.54, 1.807) is 13.3 Å². The van der Waals surface area contributed by atoms with Crippen LogP contribution in [-0.2, 0) is 0 Å². The zero-order valence-electron chi connectivity index (χ0n) is 10.3.